The first-order valence-corrected chi connectivity index (χ1v) is 2.19. The van der Waals surface area contributed by atoms with Crippen molar-refractivity contribution < 1.29 is 44.1 Å². The molecule has 0 saturated heterocycles. The molecule has 8 heavy (non-hydrogen) atoms. The third-order valence-corrected chi connectivity index (χ3v) is 0. The van der Waals surface area contributed by atoms with E-state index in [-0.39, 0.29) is 62.6 Å². The van der Waals surface area contributed by atoms with E-state index in [2.05, 4.69) is 0 Å². The van der Waals surface area contributed by atoms with Gasteiger partial charge in [-0.05, 0) is 0 Å². The van der Waals surface area contributed by atoms with Crippen molar-refractivity contribution >= 4 is 45.6 Å². The summed E-state index contributed by atoms with van der Waals surface area (Å²) in [5, 5.41) is 0. The predicted molar refractivity (Wildman–Crippen MR) is 13.4 cm³/mol. The molecule has 4 nitrogen and oxygen atoms in total. The van der Waals surface area contributed by atoms with Gasteiger partial charge in [-0.2, -0.15) is 7.82 Å². The Balaban J connectivity index is -0.0000000267. The first-order chi connectivity index (χ1) is 2.00. The summed E-state index contributed by atoms with van der Waals surface area (Å²) < 4.78 is 8.55. The molecule has 0 amide bonds. The summed E-state index contributed by atoms with van der Waals surface area (Å²) in [6.07, 6.45) is 0. The molecule has 0 rings (SSSR count). The minimum atomic E-state index is -5.39. The normalized spacial score (nSPS) is 7.38. The Kier molecular flexibility index (Phi) is 25.2. The monoisotopic (exact) mass is 205 g/mol. The van der Waals surface area contributed by atoms with E-state index in [1.54, 1.807) is 0 Å². The second kappa shape index (κ2) is 8.95. The predicted octanol–water partition coefficient (Wildman–Crippen LogP) is -9.20. The van der Waals surface area contributed by atoms with Gasteiger partial charge in [0.25, 0.3) is 0 Å². The molecule has 0 aromatic rings. The van der Waals surface area contributed by atoms with Crippen molar-refractivity contribution in [2.45, 2.75) is 0 Å². The van der Waals surface area contributed by atoms with Crippen LogP contribution in [0.25, 0.3) is 0 Å². The molecule has 0 spiro atoms. The van der Waals surface area contributed by atoms with Crippen LogP contribution < -0.4 is 39.5 Å². The van der Waals surface area contributed by atoms with E-state index in [1.807, 2.05) is 0 Å². The first-order valence-electron chi connectivity index (χ1n) is 0.730. The van der Waals surface area contributed by atoms with Gasteiger partial charge in [-0.15, -0.1) is 0 Å². The van der Waals surface area contributed by atoms with Crippen LogP contribution in [0.3, 0.4) is 0 Å². The summed E-state index contributed by atoms with van der Waals surface area (Å²) >= 11 is 0. The van der Waals surface area contributed by atoms with E-state index in [0.29, 0.717) is 0 Å². The van der Waals surface area contributed by atoms with E-state index >= 15 is 0 Å². The average Bonchev–Trinajstić information content (AvgIpc) is 0.722. The van der Waals surface area contributed by atoms with Gasteiger partial charge in [-0.1, -0.05) is 0 Å². The molecule has 0 heterocycles. The van der Waals surface area contributed by atoms with Gasteiger partial charge in [0, 0.05) is 0 Å². The Morgan fingerprint density at radius 1 is 1.00 bits per heavy atom. The fraction of sp³-hybridized carbons (Fsp3) is 0. The van der Waals surface area contributed by atoms with Crippen LogP contribution in [0, 0.1) is 0 Å². The maximum absolute atomic E-state index is 8.55. The number of phosphoric acid groups is 1. The van der Waals surface area contributed by atoms with Crippen molar-refractivity contribution in [3.8, 4) is 0 Å². The molecule has 0 fully saturated rings. The van der Waals surface area contributed by atoms with Crippen molar-refractivity contribution in [1.82, 2.24) is 0 Å². The van der Waals surface area contributed by atoms with Gasteiger partial charge < -0.3 is 44.1 Å². The molecule has 0 aliphatic rings. The van der Waals surface area contributed by atoms with Crippen LogP contribution in [0.1, 0.15) is 0 Å². The molecule has 0 unspecified atom stereocenters. The summed E-state index contributed by atoms with van der Waals surface area (Å²) in [5.74, 6) is 0. The van der Waals surface area contributed by atoms with E-state index in [9.17, 15) is 0 Å². The largest absolute Gasteiger partial charge is 2.00 e. The zero-order valence-electron chi connectivity index (χ0n) is 3.54. The third kappa shape index (κ3) is 101. The molecule has 0 aromatic heterocycles. The van der Waals surface area contributed by atoms with Gasteiger partial charge in [0.2, 0.25) is 0 Å². The Morgan fingerprint density at radius 3 is 1.00 bits per heavy atom. The SMILES string of the molecule is O=P([O-])([O-])[O-].[Ca+2].[Cl-].[Cl-]. The Labute approximate surface area is 88.7 Å². The molecule has 0 N–H and O–H groups in total. The number of hydrogen-bond acceptors (Lipinski definition) is 4. The van der Waals surface area contributed by atoms with E-state index < -0.39 is 7.82 Å². The minimum absolute atomic E-state index is 0. The molecule has 0 bridgehead atoms. The van der Waals surface area contributed by atoms with Gasteiger partial charge in [0.15, 0.2) is 0 Å². The molecule has 0 atom stereocenters. The zero-order valence-corrected chi connectivity index (χ0v) is 8.16. The first kappa shape index (κ1) is 22.5. The van der Waals surface area contributed by atoms with Crippen LogP contribution >= 0.6 is 7.82 Å². The van der Waals surface area contributed by atoms with Crippen molar-refractivity contribution in [2.24, 2.45) is 0 Å². The fourth-order valence-electron chi connectivity index (χ4n) is 0. The van der Waals surface area contributed by atoms with Gasteiger partial charge in [0.1, 0.15) is 0 Å². The summed E-state index contributed by atoms with van der Waals surface area (Å²) in [7, 11) is -5.39. The summed E-state index contributed by atoms with van der Waals surface area (Å²) in [4.78, 5) is 25.6. The van der Waals surface area contributed by atoms with Gasteiger partial charge in [-0.25, -0.2) is 0 Å². The van der Waals surface area contributed by atoms with Gasteiger partial charge >= 0.3 is 37.7 Å². The van der Waals surface area contributed by atoms with Gasteiger partial charge in [0.05, 0.1) is 0 Å². The summed E-state index contributed by atoms with van der Waals surface area (Å²) in [6, 6.07) is 0. The molecule has 0 saturated carbocycles. The fourth-order valence-corrected chi connectivity index (χ4v) is 0. The number of rotatable bonds is 0. The Bertz CT molecular complexity index is 60.2. The third-order valence-electron chi connectivity index (χ3n) is 0. The van der Waals surface area contributed by atoms with E-state index in [0.717, 1.165) is 0 Å². The topological polar surface area (TPSA) is 86.2 Å². The molecule has 0 aliphatic heterocycles. The number of halogens is 2. The average molecular weight is 206 g/mol. The minimum Gasteiger partial charge on any atom is -1.00 e. The summed E-state index contributed by atoms with van der Waals surface area (Å²) in [6.45, 7) is 0. The zero-order chi connectivity index (χ0) is 4.50. The van der Waals surface area contributed by atoms with E-state index in [1.165, 1.54) is 0 Å². The van der Waals surface area contributed by atoms with Crippen LogP contribution in [0.4, 0.5) is 0 Å². The van der Waals surface area contributed by atoms with Crippen LogP contribution in [0.15, 0.2) is 0 Å². The van der Waals surface area contributed by atoms with Crippen LogP contribution in [-0.4, -0.2) is 37.7 Å². The maximum Gasteiger partial charge on any atom is 2.00 e. The molecule has 0 radical (unpaired) electrons. The van der Waals surface area contributed by atoms with Crippen molar-refractivity contribution in [1.29, 1.82) is 0 Å². The molecule has 48 valence electrons. The van der Waals surface area contributed by atoms with Crippen molar-refractivity contribution in [2.75, 3.05) is 0 Å². The molecule has 0 aromatic carbocycles. The van der Waals surface area contributed by atoms with Crippen LogP contribution in [0.2, 0.25) is 0 Å². The Morgan fingerprint density at radius 2 is 1.00 bits per heavy atom. The van der Waals surface area contributed by atoms with Gasteiger partial charge in [-0.3, -0.25) is 0 Å². The maximum atomic E-state index is 8.55. The molecule has 8 heteroatoms. The molecule has 0 aliphatic carbocycles. The summed E-state index contributed by atoms with van der Waals surface area (Å²) in [5.41, 5.74) is 0. The quantitative estimate of drug-likeness (QED) is 0.291. The standard InChI is InChI=1S/Ca.2ClH.H3O4P/c;;;1-5(2,3)4/h;2*1H;(H3,1,2,3,4)/q+2;;;/p-5. The second-order valence-electron chi connectivity index (χ2n) is 0.447. The van der Waals surface area contributed by atoms with E-state index in [4.69, 9.17) is 19.2 Å². The second-order valence-corrected chi connectivity index (χ2v) is 1.34. The number of hydrogen-bond donors (Lipinski definition) is 0. The van der Waals surface area contributed by atoms with Crippen molar-refractivity contribution in [3.63, 3.8) is 0 Å². The van der Waals surface area contributed by atoms with Crippen molar-refractivity contribution in [3.05, 3.63) is 0 Å². The molecular formula is CaCl2O4P-3. The van der Waals surface area contributed by atoms with Crippen LogP contribution in [-0.2, 0) is 4.57 Å². The smallest absolute Gasteiger partial charge is 1.00 e. The Hall–Kier alpha value is 1.95. The van der Waals surface area contributed by atoms with Crippen LogP contribution in [0.5, 0.6) is 0 Å². The molecular weight excluding hydrogens is 206 g/mol.